The summed E-state index contributed by atoms with van der Waals surface area (Å²) in [5.74, 6) is 0. The molecule has 0 amide bonds. The Hall–Kier alpha value is -0.120. The van der Waals surface area contributed by atoms with Gasteiger partial charge < -0.3 is 17.2 Å². The van der Waals surface area contributed by atoms with E-state index >= 15 is 0 Å². The summed E-state index contributed by atoms with van der Waals surface area (Å²) in [5.41, 5.74) is 16.8. The van der Waals surface area contributed by atoms with E-state index in [0.717, 1.165) is 12.8 Å². The van der Waals surface area contributed by atoms with Crippen LogP contribution in [-0.2, 0) is 0 Å². The third-order valence-electron chi connectivity index (χ3n) is 2.31. The molecule has 0 fully saturated rings. The van der Waals surface area contributed by atoms with Crippen molar-refractivity contribution < 1.29 is 0 Å². The summed E-state index contributed by atoms with van der Waals surface area (Å²) >= 11 is 0. The quantitative estimate of drug-likeness (QED) is 0.512. The van der Waals surface area contributed by atoms with E-state index in [9.17, 15) is 0 Å². The third kappa shape index (κ3) is 1.94. The van der Waals surface area contributed by atoms with Crippen molar-refractivity contribution >= 4 is 0 Å². The van der Waals surface area contributed by atoms with Crippen LogP contribution in [0.2, 0.25) is 0 Å². The Balaban J connectivity index is 4.02. The zero-order valence-electron chi connectivity index (χ0n) is 6.93. The van der Waals surface area contributed by atoms with Crippen LogP contribution < -0.4 is 17.2 Å². The fourth-order valence-corrected chi connectivity index (χ4v) is 1.01. The highest BCUT2D eigenvalue weighted by Gasteiger charge is 2.26. The summed E-state index contributed by atoms with van der Waals surface area (Å²) in [4.78, 5) is 0. The lowest BCUT2D eigenvalue weighted by Crippen LogP contribution is -2.57. The molecule has 0 spiro atoms. The smallest absolute Gasteiger partial charge is 0.0346 e. The van der Waals surface area contributed by atoms with E-state index in [1.165, 1.54) is 0 Å². The van der Waals surface area contributed by atoms with E-state index < -0.39 is 0 Å². The Kier molecular flexibility index (Phi) is 3.86. The first kappa shape index (κ1) is 9.88. The molecule has 0 aliphatic carbocycles. The van der Waals surface area contributed by atoms with Gasteiger partial charge in [-0.05, 0) is 12.8 Å². The maximum atomic E-state index is 5.95. The lowest BCUT2D eigenvalue weighted by Gasteiger charge is -2.32. The second-order valence-electron chi connectivity index (χ2n) is 2.78. The molecular weight excluding hydrogens is 126 g/mol. The fourth-order valence-electron chi connectivity index (χ4n) is 1.01. The minimum atomic E-state index is -0.255. The van der Waals surface area contributed by atoms with E-state index in [2.05, 4.69) is 0 Å². The van der Waals surface area contributed by atoms with Gasteiger partial charge in [-0.3, -0.25) is 0 Å². The van der Waals surface area contributed by atoms with E-state index in [4.69, 9.17) is 17.2 Å². The van der Waals surface area contributed by atoms with Gasteiger partial charge in [0.15, 0.2) is 0 Å². The standard InChI is InChI=1S/C7H19N3/c1-3-7(10,4-2)6(9)5-8/h6H,3-5,8-10H2,1-2H3. The van der Waals surface area contributed by atoms with Crippen molar-refractivity contribution in [2.24, 2.45) is 17.2 Å². The van der Waals surface area contributed by atoms with Crippen molar-refractivity contribution in [2.45, 2.75) is 38.3 Å². The summed E-state index contributed by atoms with van der Waals surface area (Å²) < 4.78 is 0. The second-order valence-corrected chi connectivity index (χ2v) is 2.78. The number of rotatable bonds is 4. The van der Waals surface area contributed by atoms with E-state index in [-0.39, 0.29) is 11.6 Å². The number of hydrogen-bond acceptors (Lipinski definition) is 3. The van der Waals surface area contributed by atoms with E-state index in [1.807, 2.05) is 13.8 Å². The molecule has 0 aliphatic heterocycles. The molecule has 3 heteroatoms. The fraction of sp³-hybridized carbons (Fsp3) is 1.00. The van der Waals surface area contributed by atoms with Crippen molar-refractivity contribution in [3.63, 3.8) is 0 Å². The van der Waals surface area contributed by atoms with Gasteiger partial charge in [-0.1, -0.05) is 13.8 Å². The molecule has 62 valence electrons. The molecule has 1 unspecified atom stereocenters. The molecule has 0 saturated carbocycles. The zero-order valence-corrected chi connectivity index (χ0v) is 6.93. The van der Waals surface area contributed by atoms with Crippen LogP contribution in [0.15, 0.2) is 0 Å². The maximum absolute atomic E-state index is 5.95. The molecule has 6 N–H and O–H groups in total. The van der Waals surface area contributed by atoms with Crippen LogP contribution >= 0.6 is 0 Å². The van der Waals surface area contributed by atoms with Gasteiger partial charge in [0.2, 0.25) is 0 Å². The summed E-state index contributed by atoms with van der Waals surface area (Å²) in [6.07, 6.45) is 1.78. The molecule has 0 aromatic carbocycles. The van der Waals surface area contributed by atoms with Crippen LogP contribution in [0.4, 0.5) is 0 Å². The molecule has 0 aromatic heterocycles. The first-order chi connectivity index (χ1) is 4.60. The van der Waals surface area contributed by atoms with Gasteiger partial charge in [0, 0.05) is 18.1 Å². The van der Waals surface area contributed by atoms with Gasteiger partial charge in [-0.25, -0.2) is 0 Å². The predicted molar refractivity (Wildman–Crippen MR) is 44.5 cm³/mol. The summed E-state index contributed by atoms with van der Waals surface area (Å²) in [6, 6.07) is -0.0671. The van der Waals surface area contributed by atoms with Gasteiger partial charge in [0.25, 0.3) is 0 Å². The Morgan fingerprint density at radius 1 is 1.30 bits per heavy atom. The first-order valence-electron chi connectivity index (χ1n) is 3.85. The second kappa shape index (κ2) is 3.91. The van der Waals surface area contributed by atoms with Gasteiger partial charge in [0.1, 0.15) is 0 Å². The highest BCUT2D eigenvalue weighted by molar-refractivity contribution is 4.92. The lowest BCUT2D eigenvalue weighted by molar-refractivity contribution is 0.324. The lowest BCUT2D eigenvalue weighted by atomic mass is 9.86. The van der Waals surface area contributed by atoms with Gasteiger partial charge in [0.05, 0.1) is 0 Å². The monoisotopic (exact) mass is 145 g/mol. The maximum Gasteiger partial charge on any atom is 0.0346 e. The van der Waals surface area contributed by atoms with E-state index in [0.29, 0.717) is 6.54 Å². The van der Waals surface area contributed by atoms with Crippen molar-refractivity contribution in [2.75, 3.05) is 6.54 Å². The Bertz CT molecular complexity index is 88.9. The SMILES string of the molecule is CCC(N)(CC)C(N)CN. The average molecular weight is 145 g/mol. The van der Waals surface area contributed by atoms with Crippen LogP contribution in [0.5, 0.6) is 0 Å². The highest BCUT2D eigenvalue weighted by Crippen LogP contribution is 2.13. The largest absolute Gasteiger partial charge is 0.329 e. The third-order valence-corrected chi connectivity index (χ3v) is 2.31. The molecule has 3 nitrogen and oxygen atoms in total. The molecule has 0 radical (unpaired) electrons. The molecule has 0 rings (SSSR count). The molecule has 1 atom stereocenters. The van der Waals surface area contributed by atoms with Crippen molar-refractivity contribution in [1.29, 1.82) is 0 Å². The van der Waals surface area contributed by atoms with Crippen LogP contribution in [0.3, 0.4) is 0 Å². The van der Waals surface area contributed by atoms with Gasteiger partial charge in [-0.15, -0.1) is 0 Å². The molecule has 0 aromatic rings. The van der Waals surface area contributed by atoms with Crippen molar-refractivity contribution in [3.8, 4) is 0 Å². The summed E-state index contributed by atoms with van der Waals surface area (Å²) in [6.45, 7) is 4.55. The molecule has 0 saturated heterocycles. The molecule has 10 heavy (non-hydrogen) atoms. The van der Waals surface area contributed by atoms with Crippen LogP contribution in [-0.4, -0.2) is 18.1 Å². The van der Waals surface area contributed by atoms with Crippen molar-refractivity contribution in [1.82, 2.24) is 0 Å². The van der Waals surface area contributed by atoms with Crippen LogP contribution in [0.25, 0.3) is 0 Å². The van der Waals surface area contributed by atoms with Crippen LogP contribution in [0, 0.1) is 0 Å². The average Bonchev–Trinajstić information content (AvgIpc) is 2.01. The molecule has 0 heterocycles. The number of hydrogen-bond donors (Lipinski definition) is 3. The Labute approximate surface area is 62.9 Å². The summed E-state index contributed by atoms with van der Waals surface area (Å²) in [5, 5.41) is 0. The highest BCUT2D eigenvalue weighted by atomic mass is 14.9. The van der Waals surface area contributed by atoms with Crippen LogP contribution in [0.1, 0.15) is 26.7 Å². The minimum absolute atomic E-state index is 0.0671. The molecule has 0 bridgehead atoms. The normalized spacial score (nSPS) is 15.3. The molecule has 0 aliphatic rings. The Morgan fingerprint density at radius 2 is 1.70 bits per heavy atom. The zero-order chi connectivity index (χ0) is 8.20. The topological polar surface area (TPSA) is 78.1 Å². The number of nitrogens with two attached hydrogens (primary N) is 3. The predicted octanol–water partition coefficient (Wildman–Crippen LogP) is -0.210. The van der Waals surface area contributed by atoms with Gasteiger partial charge >= 0.3 is 0 Å². The Morgan fingerprint density at radius 3 is 1.80 bits per heavy atom. The van der Waals surface area contributed by atoms with E-state index in [1.54, 1.807) is 0 Å². The molecular formula is C7H19N3. The first-order valence-corrected chi connectivity index (χ1v) is 3.85. The summed E-state index contributed by atoms with van der Waals surface area (Å²) in [7, 11) is 0. The van der Waals surface area contributed by atoms with Crippen molar-refractivity contribution in [3.05, 3.63) is 0 Å². The van der Waals surface area contributed by atoms with Gasteiger partial charge in [-0.2, -0.15) is 0 Å². The minimum Gasteiger partial charge on any atom is -0.329 e.